The van der Waals surface area contributed by atoms with Crippen LogP contribution in [0.2, 0.25) is 0 Å². The van der Waals surface area contributed by atoms with Crippen molar-refractivity contribution in [2.24, 2.45) is 10.9 Å². The molecule has 0 saturated carbocycles. The van der Waals surface area contributed by atoms with Gasteiger partial charge in [0, 0.05) is 43.7 Å². The molecule has 0 spiro atoms. The van der Waals surface area contributed by atoms with E-state index in [1.165, 1.54) is 4.88 Å². The van der Waals surface area contributed by atoms with Crippen molar-refractivity contribution < 1.29 is 9.53 Å². The Kier molecular flexibility index (Phi) is 7.49. The number of likely N-dealkylation sites (tertiary alicyclic amines) is 1. The molecule has 0 aliphatic carbocycles. The molecule has 0 radical (unpaired) electrons. The molecule has 1 fully saturated rings. The van der Waals surface area contributed by atoms with Gasteiger partial charge in [-0.25, -0.2) is 4.98 Å². The van der Waals surface area contributed by atoms with Crippen LogP contribution in [0.4, 0.5) is 0 Å². The van der Waals surface area contributed by atoms with E-state index in [2.05, 4.69) is 29.0 Å². The van der Waals surface area contributed by atoms with Crippen LogP contribution in [0.5, 0.6) is 0 Å². The Morgan fingerprint density at radius 1 is 1.54 bits per heavy atom. The van der Waals surface area contributed by atoms with Gasteiger partial charge in [0.1, 0.15) is 0 Å². The molecule has 24 heavy (non-hydrogen) atoms. The molecule has 0 amide bonds. The Morgan fingerprint density at radius 3 is 3.04 bits per heavy atom. The first-order valence-corrected chi connectivity index (χ1v) is 9.56. The number of aliphatic imine (C=N–C) groups is 1. The largest absolute Gasteiger partial charge is 0.466 e. The minimum Gasteiger partial charge on any atom is -0.466 e. The predicted molar refractivity (Wildman–Crippen MR) is 97.5 cm³/mol. The van der Waals surface area contributed by atoms with E-state index in [-0.39, 0.29) is 11.9 Å². The summed E-state index contributed by atoms with van der Waals surface area (Å²) in [4.78, 5) is 24.5. The van der Waals surface area contributed by atoms with Crippen molar-refractivity contribution in [3.63, 3.8) is 0 Å². The minimum absolute atomic E-state index is 0.0517. The number of aromatic nitrogens is 1. The number of carbonyl (C=O) groups is 1. The fourth-order valence-corrected chi connectivity index (χ4v) is 3.60. The molecule has 1 aliphatic rings. The second-order valence-electron chi connectivity index (χ2n) is 5.89. The van der Waals surface area contributed by atoms with Crippen LogP contribution < -0.4 is 5.32 Å². The van der Waals surface area contributed by atoms with E-state index in [0.29, 0.717) is 19.7 Å². The standard InChI is InChI=1S/C17H28N4O2S/c1-4-18-17(19-9-8-15-20-11-13(3)24-15)21-10-6-7-14(12-21)16(22)23-5-2/h11,14H,4-10,12H2,1-3H3,(H,18,19). The average Bonchev–Trinajstić information content (AvgIpc) is 3.00. The van der Waals surface area contributed by atoms with E-state index in [1.54, 1.807) is 11.3 Å². The van der Waals surface area contributed by atoms with Crippen LogP contribution >= 0.6 is 11.3 Å². The summed E-state index contributed by atoms with van der Waals surface area (Å²) >= 11 is 1.72. The number of nitrogens with one attached hydrogen (secondary N) is 1. The van der Waals surface area contributed by atoms with Crippen molar-refractivity contribution >= 4 is 23.3 Å². The van der Waals surface area contributed by atoms with Gasteiger partial charge < -0.3 is 15.0 Å². The third-order valence-electron chi connectivity index (χ3n) is 3.93. The zero-order valence-electron chi connectivity index (χ0n) is 14.9. The molecular weight excluding hydrogens is 324 g/mol. The molecule has 2 heterocycles. The highest BCUT2D eigenvalue weighted by atomic mass is 32.1. The summed E-state index contributed by atoms with van der Waals surface area (Å²) in [7, 11) is 0. The zero-order chi connectivity index (χ0) is 17.4. The summed E-state index contributed by atoms with van der Waals surface area (Å²) in [5.74, 6) is 0.750. The summed E-state index contributed by atoms with van der Waals surface area (Å²) in [5, 5.41) is 4.46. The van der Waals surface area contributed by atoms with Gasteiger partial charge in [-0.3, -0.25) is 9.79 Å². The second kappa shape index (κ2) is 9.61. The lowest BCUT2D eigenvalue weighted by molar-refractivity contribution is -0.149. The molecule has 1 saturated heterocycles. The molecule has 1 aliphatic heterocycles. The van der Waals surface area contributed by atoms with Gasteiger partial charge in [-0.1, -0.05) is 0 Å². The predicted octanol–water partition coefficient (Wildman–Crippen LogP) is 2.23. The molecule has 0 bridgehead atoms. The first kappa shape index (κ1) is 18.7. The van der Waals surface area contributed by atoms with E-state index in [0.717, 1.165) is 43.3 Å². The van der Waals surface area contributed by atoms with Crippen molar-refractivity contribution in [2.45, 2.75) is 40.0 Å². The quantitative estimate of drug-likeness (QED) is 0.483. The number of nitrogens with zero attached hydrogens (tertiary/aromatic N) is 3. The summed E-state index contributed by atoms with van der Waals surface area (Å²) < 4.78 is 5.18. The summed E-state index contributed by atoms with van der Waals surface area (Å²) in [5.41, 5.74) is 0. The van der Waals surface area contributed by atoms with Gasteiger partial charge in [-0.15, -0.1) is 11.3 Å². The number of hydrogen-bond donors (Lipinski definition) is 1. The van der Waals surface area contributed by atoms with Crippen molar-refractivity contribution in [3.05, 3.63) is 16.1 Å². The van der Waals surface area contributed by atoms with Crippen molar-refractivity contribution in [1.82, 2.24) is 15.2 Å². The van der Waals surface area contributed by atoms with Crippen LogP contribution in [0, 0.1) is 12.8 Å². The SMILES string of the molecule is CCNC(=NCCc1ncc(C)s1)N1CCCC(C(=O)OCC)C1. The van der Waals surface area contributed by atoms with E-state index < -0.39 is 0 Å². The maximum absolute atomic E-state index is 12.0. The van der Waals surface area contributed by atoms with Gasteiger partial charge in [0.25, 0.3) is 0 Å². The van der Waals surface area contributed by atoms with E-state index in [9.17, 15) is 4.79 Å². The molecule has 2 rings (SSSR count). The van der Waals surface area contributed by atoms with Gasteiger partial charge in [0.15, 0.2) is 5.96 Å². The van der Waals surface area contributed by atoms with E-state index >= 15 is 0 Å². The monoisotopic (exact) mass is 352 g/mol. The molecule has 1 aromatic heterocycles. The molecule has 1 N–H and O–H groups in total. The molecule has 1 unspecified atom stereocenters. The van der Waals surface area contributed by atoms with Crippen LogP contribution in [0.3, 0.4) is 0 Å². The van der Waals surface area contributed by atoms with Crippen molar-refractivity contribution in [3.8, 4) is 0 Å². The number of guanidine groups is 1. The van der Waals surface area contributed by atoms with Gasteiger partial charge >= 0.3 is 5.97 Å². The molecule has 1 atom stereocenters. The Labute approximate surface area is 148 Å². The average molecular weight is 353 g/mol. The maximum atomic E-state index is 12.0. The van der Waals surface area contributed by atoms with E-state index in [4.69, 9.17) is 9.73 Å². The van der Waals surface area contributed by atoms with Crippen LogP contribution in [0.1, 0.15) is 36.6 Å². The highest BCUT2D eigenvalue weighted by molar-refractivity contribution is 7.11. The van der Waals surface area contributed by atoms with Gasteiger partial charge in [0.05, 0.1) is 17.5 Å². The Bertz CT molecular complexity index is 559. The first-order chi connectivity index (χ1) is 11.6. The Morgan fingerprint density at radius 2 is 2.38 bits per heavy atom. The fraction of sp³-hybridized carbons (Fsp3) is 0.706. The third-order valence-corrected chi connectivity index (χ3v) is 4.90. The van der Waals surface area contributed by atoms with Crippen molar-refractivity contribution in [1.29, 1.82) is 0 Å². The first-order valence-electron chi connectivity index (χ1n) is 8.75. The molecular formula is C17H28N4O2S. The highest BCUT2D eigenvalue weighted by Crippen LogP contribution is 2.18. The highest BCUT2D eigenvalue weighted by Gasteiger charge is 2.28. The van der Waals surface area contributed by atoms with Crippen LogP contribution in [-0.4, -0.2) is 54.6 Å². The summed E-state index contributed by atoms with van der Waals surface area (Å²) in [6.45, 7) is 9.55. The lowest BCUT2D eigenvalue weighted by Gasteiger charge is -2.34. The Balaban J connectivity index is 1.94. The topological polar surface area (TPSA) is 66.8 Å². The number of aryl methyl sites for hydroxylation is 1. The summed E-state index contributed by atoms with van der Waals surface area (Å²) in [6, 6.07) is 0. The molecule has 6 nitrogen and oxygen atoms in total. The molecule has 1 aromatic rings. The number of piperidine rings is 1. The van der Waals surface area contributed by atoms with Crippen molar-refractivity contribution in [2.75, 3.05) is 32.8 Å². The number of carbonyl (C=O) groups excluding carboxylic acids is 1. The normalized spacial score (nSPS) is 18.5. The second-order valence-corrected chi connectivity index (χ2v) is 7.21. The smallest absolute Gasteiger partial charge is 0.310 e. The van der Waals surface area contributed by atoms with E-state index in [1.807, 2.05) is 13.1 Å². The minimum atomic E-state index is -0.0868. The van der Waals surface area contributed by atoms with Gasteiger partial charge in [-0.05, 0) is 33.6 Å². The number of hydrogen-bond acceptors (Lipinski definition) is 5. The van der Waals surface area contributed by atoms with Crippen LogP contribution in [0.25, 0.3) is 0 Å². The number of esters is 1. The summed E-state index contributed by atoms with van der Waals surface area (Å²) in [6.07, 6.45) is 4.64. The van der Waals surface area contributed by atoms with Crippen LogP contribution in [-0.2, 0) is 16.0 Å². The maximum Gasteiger partial charge on any atom is 0.310 e. The lowest BCUT2D eigenvalue weighted by atomic mass is 9.98. The molecule has 0 aromatic carbocycles. The van der Waals surface area contributed by atoms with Gasteiger partial charge in [0.2, 0.25) is 0 Å². The third kappa shape index (κ3) is 5.47. The Hall–Kier alpha value is -1.63. The van der Waals surface area contributed by atoms with Gasteiger partial charge in [-0.2, -0.15) is 0 Å². The zero-order valence-corrected chi connectivity index (χ0v) is 15.7. The molecule has 7 heteroatoms. The fourth-order valence-electron chi connectivity index (χ4n) is 2.82. The number of thiazole rings is 1. The number of ether oxygens (including phenoxy) is 1. The lowest BCUT2D eigenvalue weighted by Crippen LogP contribution is -2.48. The molecule has 134 valence electrons. The van der Waals surface area contributed by atoms with Crippen LogP contribution in [0.15, 0.2) is 11.2 Å². The number of rotatable bonds is 6.